The molecular weight excluding hydrogens is 246 g/mol. The van der Waals surface area contributed by atoms with Gasteiger partial charge in [-0.05, 0) is 31.6 Å². The van der Waals surface area contributed by atoms with E-state index in [0.29, 0.717) is 5.82 Å². The third-order valence-electron chi connectivity index (χ3n) is 2.50. The number of aromatic nitrogens is 2. The fourth-order valence-corrected chi connectivity index (χ4v) is 1.72. The van der Waals surface area contributed by atoms with Gasteiger partial charge in [0.1, 0.15) is 17.2 Å². The van der Waals surface area contributed by atoms with Crippen molar-refractivity contribution in [3.63, 3.8) is 0 Å². The molecule has 2 aromatic heterocycles. The van der Waals surface area contributed by atoms with E-state index in [-0.39, 0.29) is 0 Å². The van der Waals surface area contributed by atoms with Crippen LogP contribution in [0.25, 0.3) is 11.2 Å². The molecule has 0 saturated carbocycles. The number of nitrogen functional groups attached to an aromatic ring is 1. The maximum Gasteiger partial charge on any atom is 0.139 e. The number of anilines is 1. The van der Waals surface area contributed by atoms with Crippen molar-refractivity contribution in [1.29, 1.82) is 0 Å². The van der Waals surface area contributed by atoms with E-state index in [4.69, 9.17) is 5.73 Å². The second kappa shape index (κ2) is 9.84. The van der Waals surface area contributed by atoms with Crippen molar-refractivity contribution in [2.24, 2.45) is 0 Å². The van der Waals surface area contributed by atoms with E-state index < -0.39 is 0 Å². The molecule has 2 N–H and O–H groups in total. The summed E-state index contributed by atoms with van der Waals surface area (Å²) in [6.45, 7) is 12.0. The average molecular weight is 273 g/mol. The fourth-order valence-electron chi connectivity index (χ4n) is 1.72. The molecule has 0 radical (unpaired) electrons. The molecule has 0 unspecified atom stereocenters. The Hall–Kier alpha value is -2.03. The monoisotopic (exact) mass is 273 g/mol. The van der Waals surface area contributed by atoms with E-state index in [9.17, 15) is 0 Å². The molecule has 0 aromatic carbocycles. The first kappa shape index (κ1) is 18.0. The summed E-state index contributed by atoms with van der Waals surface area (Å²) in [6.07, 6.45) is 7.93. The van der Waals surface area contributed by atoms with Gasteiger partial charge >= 0.3 is 0 Å². The van der Waals surface area contributed by atoms with Crippen molar-refractivity contribution in [2.45, 2.75) is 41.5 Å². The topological polar surface area (TPSA) is 43.3 Å². The molecule has 3 nitrogen and oxygen atoms in total. The third-order valence-corrected chi connectivity index (χ3v) is 2.50. The van der Waals surface area contributed by atoms with Gasteiger partial charge in [-0.2, -0.15) is 0 Å². The number of pyridine rings is 1. The first-order valence-corrected chi connectivity index (χ1v) is 7.30. The predicted octanol–water partition coefficient (Wildman–Crippen LogP) is 4.95. The van der Waals surface area contributed by atoms with Crippen LogP contribution in [0.2, 0.25) is 0 Å². The lowest BCUT2D eigenvalue weighted by molar-refractivity contribution is 1.20. The molecule has 0 aliphatic heterocycles. The second-order valence-corrected chi connectivity index (χ2v) is 3.52. The summed E-state index contributed by atoms with van der Waals surface area (Å²) < 4.78 is 1.89. The molecule has 0 fully saturated rings. The number of rotatable bonds is 2. The van der Waals surface area contributed by atoms with Crippen LogP contribution in [0.1, 0.15) is 47.2 Å². The van der Waals surface area contributed by atoms with Crippen molar-refractivity contribution in [1.82, 2.24) is 9.38 Å². The molecule has 3 heteroatoms. The smallest absolute Gasteiger partial charge is 0.139 e. The van der Waals surface area contributed by atoms with Crippen LogP contribution in [-0.4, -0.2) is 9.38 Å². The van der Waals surface area contributed by atoms with E-state index in [1.54, 1.807) is 0 Å². The fraction of sp³-hybridized carbons (Fsp3) is 0.353. The summed E-state index contributed by atoms with van der Waals surface area (Å²) in [5, 5.41) is 0. The Labute approximate surface area is 122 Å². The molecule has 0 aliphatic carbocycles. The van der Waals surface area contributed by atoms with Crippen LogP contribution in [-0.2, 0) is 0 Å². The lowest BCUT2D eigenvalue weighted by Gasteiger charge is -1.98. The zero-order valence-corrected chi connectivity index (χ0v) is 13.5. The highest BCUT2D eigenvalue weighted by Gasteiger charge is 2.10. The minimum absolute atomic E-state index is 0.682. The van der Waals surface area contributed by atoms with Gasteiger partial charge in [-0.15, -0.1) is 0 Å². The van der Waals surface area contributed by atoms with Crippen molar-refractivity contribution in [3.8, 4) is 0 Å². The Balaban J connectivity index is 0.000000829. The molecular formula is C17H27N3. The minimum atomic E-state index is 0.682. The normalized spacial score (nSPS) is 10.8. The predicted molar refractivity (Wildman–Crippen MR) is 90.8 cm³/mol. The highest BCUT2D eigenvalue weighted by Crippen LogP contribution is 2.23. The summed E-state index contributed by atoms with van der Waals surface area (Å²) in [5.74, 6) is 0.682. The van der Waals surface area contributed by atoms with Gasteiger partial charge in [0.15, 0.2) is 0 Å². The number of allylic oxidation sites excluding steroid dienone is 4. The van der Waals surface area contributed by atoms with E-state index >= 15 is 0 Å². The van der Waals surface area contributed by atoms with Crippen molar-refractivity contribution < 1.29 is 0 Å². The quantitative estimate of drug-likeness (QED) is 0.787. The number of hydrogen-bond acceptors (Lipinski definition) is 2. The number of hydrogen-bond donors (Lipinski definition) is 1. The Kier molecular flexibility index (Phi) is 8.84. The van der Waals surface area contributed by atoms with Crippen LogP contribution in [0.15, 0.2) is 42.6 Å². The van der Waals surface area contributed by atoms with E-state index in [1.165, 1.54) is 0 Å². The van der Waals surface area contributed by atoms with Crippen LogP contribution in [0, 0.1) is 0 Å². The standard InChI is InChI=1S/C13H15N3.2C2H6/c1-3-7-10(4-2)12-13(14)16-9-6-5-8-11(16)15-12;2*1-2/h3-9H,14H2,1-2H3;2*1-2H3/b7-3-,10-4+;;. The zero-order chi connectivity index (χ0) is 15.5. The zero-order valence-electron chi connectivity index (χ0n) is 13.5. The molecule has 2 rings (SSSR count). The summed E-state index contributed by atoms with van der Waals surface area (Å²) in [7, 11) is 0. The van der Waals surface area contributed by atoms with E-state index in [0.717, 1.165) is 16.9 Å². The van der Waals surface area contributed by atoms with E-state index in [2.05, 4.69) is 4.98 Å². The molecule has 0 spiro atoms. The minimum Gasteiger partial charge on any atom is -0.383 e. The number of nitrogens with zero attached hydrogens (tertiary/aromatic N) is 2. The van der Waals surface area contributed by atoms with Gasteiger partial charge in [-0.1, -0.05) is 52.0 Å². The van der Waals surface area contributed by atoms with Crippen molar-refractivity contribution in [3.05, 3.63) is 48.3 Å². The van der Waals surface area contributed by atoms with Crippen LogP contribution >= 0.6 is 0 Å². The summed E-state index contributed by atoms with van der Waals surface area (Å²) in [4.78, 5) is 4.52. The highest BCUT2D eigenvalue weighted by atomic mass is 15.1. The number of imidazole rings is 1. The molecule has 0 saturated heterocycles. The first-order chi connectivity index (χ1) is 9.77. The molecule has 0 amide bonds. The third kappa shape index (κ3) is 3.98. The van der Waals surface area contributed by atoms with E-state index in [1.807, 2.05) is 88.6 Å². The SMILES string of the molecule is C/C=C\C(=C/C)c1nc2ccccn2c1N.CC.CC. The van der Waals surface area contributed by atoms with Crippen molar-refractivity contribution in [2.75, 3.05) is 5.73 Å². The van der Waals surface area contributed by atoms with Crippen LogP contribution in [0.4, 0.5) is 5.82 Å². The summed E-state index contributed by atoms with van der Waals surface area (Å²) in [5.41, 5.74) is 8.83. The maximum absolute atomic E-state index is 6.07. The summed E-state index contributed by atoms with van der Waals surface area (Å²) >= 11 is 0. The van der Waals surface area contributed by atoms with Crippen LogP contribution in [0.3, 0.4) is 0 Å². The van der Waals surface area contributed by atoms with Gasteiger partial charge in [0.05, 0.1) is 0 Å². The molecule has 110 valence electrons. The number of nitrogens with two attached hydrogens (primary N) is 1. The van der Waals surface area contributed by atoms with Crippen molar-refractivity contribution >= 4 is 17.0 Å². The number of fused-ring (bicyclic) bond motifs is 1. The molecule has 0 atom stereocenters. The largest absolute Gasteiger partial charge is 0.383 e. The van der Waals surface area contributed by atoms with Crippen LogP contribution < -0.4 is 5.73 Å². The molecule has 2 heterocycles. The maximum atomic E-state index is 6.07. The van der Waals surface area contributed by atoms with Gasteiger partial charge in [0, 0.05) is 6.20 Å². The highest BCUT2D eigenvalue weighted by molar-refractivity contribution is 5.79. The molecule has 20 heavy (non-hydrogen) atoms. The lowest BCUT2D eigenvalue weighted by Crippen LogP contribution is -1.94. The van der Waals surface area contributed by atoms with Crippen LogP contribution in [0.5, 0.6) is 0 Å². The Morgan fingerprint density at radius 2 is 1.80 bits per heavy atom. The molecule has 0 aliphatic rings. The summed E-state index contributed by atoms with van der Waals surface area (Å²) in [6, 6.07) is 5.85. The van der Waals surface area contributed by atoms with Gasteiger partial charge in [-0.3, -0.25) is 4.40 Å². The van der Waals surface area contributed by atoms with Gasteiger partial charge in [0.25, 0.3) is 0 Å². The van der Waals surface area contributed by atoms with Gasteiger partial charge < -0.3 is 5.73 Å². The lowest BCUT2D eigenvalue weighted by atomic mass is 10.1. The second-order valence-electron chi connectivity index (χ2n) is 3.52. The average Bonchev–Trinajstić information content (AvgIpc) is 2.86. The Bertz CT molecular complexity index is 563. The molecule has 0 bridgehead atoms. The first-order valence-electron chi connectivity index (χ1n) is 7.30. The Morgan fingerprint density at radius 1 is 1.15 bits per heavy atom. The van der Waals surface area contributed by atoms with Gasteiger partial charge in [0.2, 0.25) is 0 Å². The van der Waals surface area contributed by atoms with Gasteiger partial charge in [-0.25, -0.2) is 4.98 Å². The Morgan fingerprint density at radius 3 is 2.30 bits per heavy atom. The molecule has 2 aromatic rings.